The predicted octanol–water partition coefficient (Wildman–Crippen LogP) is 3.75. The molecule has 31 heavy (non-hydrogen) atoms. The zero-order chi connectivity index (χ0) is 22.3. The van der Waals surface area contributed by atoms with E-state index in [1.54, 1.807) is 12.1 Å². The Hall–Kier alpha value is -3.06. The van der Waals surface area contributed by atoms with Crippen molar-refractivity contribution in [1.29, 1.82) is 0 Å². The second kappa shape index (κ2) is 10.3. The third kappa shape index (κ3) is 6.21. The summed E-state index contributed by atoms with van der Waals surface area (Å²) < 4.78 is 31.5. The van der Waals surface area contributed by atoms with E-state index in [4.69, 9.17) is 4.74 Å². The lowest BCUT2D eigenvalue weighted by molar-refractivity contribution is -0.119. The number of benzene rings is 3. The highest BCUT2D eigenvalue weighted by atomic mass is 32.2. The molecule has 7 heteroatoms. The van der Waals surface area contributed by atoms with Gasteiger partial charge in [-0.05, 0) is 48.9 Å². The van der Waals surface area contributed by atoms with Gasteiger partial charge in [0.25, 0.3) is 0 Å². The second-order valence-corrected chi connectivity index (χ2v) is 9.21. The van der Waals surface area contributed by atoms with Crippen LogP contribution in [-0.2, 0) is 21.2 Å². The normalized spacial score (nSPS) is 11.3. The van der Waals surface area contributed by atoms with Gasteiger partial charge in [0.15, 0.2) is 0 Å². The summed E-state index contributed by atoms with van der Waals surface area (Å²) in [6.07, 6.45) is 2.69. The number of nitrogens with zero attached hydrogens (tertiary/aromatic N) is 1. The first-order valence-corrected chi connectivity index (χ1v) is 12.2. The Balaban J connectivity index is 1.59. The molecule has 0 aromatic heterocycles. The first-order valence-electron chi connectivity index (χ1n) is 10.3. The number of amides is 1. The fourth-order valence-corrected chi connectivity index (χ4v) is 4.30. The lowest BCUT2D eigenvalue weighted by atomic mass is 10.1. The van der Waals surface area contributed by atoms with Crippen molar-refractivity contribution < 1.29 is 17.9 Å². The summed E-state index contributed by atoms with van der Waals surface area (Å²) in [5, 5.41) is 4.55. The highest BCUT2D eigenvalue weighted by molar-refractivity contribution is 7.92. The number of aryl methyl sites for hydroxylation is 1. The molecule has 0 aliphatic heterocycles. The monoisotopic (exact) mass is 440 g/mol. The molecular weight excluding hydrogens is 412 g/mol. The lowest BCUT2D eigenvalue weighted by Crippen LogP contribution is -2.40. The van der Waals surface area contributed by atoms with Crippen molar-refractivity contribution in [3.8, 4) is 5.75 Å². The van der Waals surface area contributed by atoms with Gasteiger partial charge in [0.05, 0.1) is 18.6 Å². The smallest absolute Gasteiger partial charge is 0.240 e. The molecule has 0 aliphatic rings. The van der Waals surface area contributed by atoms with E-state index >= 15 is 0 Å². The predicted molar refractivity (Wildman–Crippen MR) is 125 cm³/mol. The van der Waals surface area contributed by atoms with Crippen LogP contribution in [0.5, 0.6) is 5.75 Å². The van der Waals surface area contributed by atoms with Gasteiger partial charge in [-0.15, -0.1) is 0 Å². The van der Waals surface area contributed by atoms with Crippen LogP contribution in [-0.4, -0.2) is 40.3 Å². The zero-order valence-electron chi connectivity index (χ0n) is 17.9. The van der Waals surface area contributed by atoms with Gasteiger partial charge in [0, 0.05) is 11.9 Å². The fraction of sp³-hybridized carbons (Fsp3) is 0.292. The first-order chi connectivity index (χ1) is 14.9. The molecule has 0 saturated heterocycles. The quantitative estimate of drug-likeness (QED) is 0.487. The van der Waals surface area contributed by atoms with Crippen molar-refractivity contribution in [2.75, 3.05) is 30.3 Å². The van der Waals surface area contributed by atoms with E-state index in [-0.39, 0.29) is 12.5 Å². The maximum atomic E-state index is 12.5. The van der Waals surface area contributed by atoms with Gasteiger partial charge < -0.3 is 10.1 Å². The molecule has 0 atom stereocenters. The molecule has 1 amide bonds. The number of nitrogens with one attached hydrogen (secondary N) is 1. The van der Waals surface area contributed by atoms with Crippen LogP contribution in [0.1, 0.15) is 18.9 Å². The molecule has 0 unspecified atom stereocenters. The molecule has 0 spiro atoms. The summed E-state index contributed by atoms with van der Waals surface area (Å²) in [4.78, 5) is 12.5. The molecule has 3 aromatic carbocycles. The van der Waals surface area contributed by atoms with Crippen LogP contribution in [0.2, 0.25) is 0 Å². The van der Waals surface area contributed by atoms with E-state index < -0.39 is 10.0 Å². The molecule has 0 saturated carbocycles. The van der Waals surface area contributed by atoms with E-state index in [2.05, 4.69) is 5.32 Å². The zero-order valence-corrected chi connectivity index (χ0v) is 18.7. The van der Waals surface area contributed by atoms with Crippen molar-refractivity contribution in [2.45, 2.75) is 19.8 Å². The third-order valence-electron chi connectivity index (χ3n) is 4.92. The number of hydrogen-bond donors (Lipinski definition) is 1. The Morgan fingerprint density at radius 2 is 1.71 bits per heavy atom. The van der Waals surface area contributed by atoms with Crippen LogP contribution < -0.4 is 14.4 Å². The van der Waals surface area contributed by atoms with Gasteiger partial charge in [0.2, 0.25) is 15.9 Å². The molecule has 164 valence electrons. The summed E-state index contributed by atoms with van der Waals surface area (Å²) in [5.74, 6) is 0.513. The maximum absolute atomic E-state index is 12.5. The third-order valence-corrected chi connectivity index (χ3v) is 6.05. The van der Waals surface area contributed by atoms with E-state index in [9.17, 15) is 13.2 Å². The Morgan fingerprint density at radius 1 is 1.00 bits per heavy atom. The summed E-state index contributed by atoms with van der Waals surface area (Å²) in [5.41, 5.74) is 1.66. The van der Waals surface area contributed by atoms with Gasteiger partial charge >= 0.3 is 0 Å². The highest BCUT2D eigenvalue weighted by Crippen LogP contribution is 2.28. The molecule has 3 aromatic rings. The van der Waals surface area contributed by atoms with Gasteiger partial charge in [-0.1, -0.05) is 48.5 Å². The van der Waals surface area contributed by atoms with E-state index in [0.29, 0.717) is 18.8 Å². The molecule has 3 rings (SSSR count). The van der Waals surface area contributed by atoms with Crippen LogP contribution in [0.25, 0.3) is 10.8 Å². The number of carbonyl (C=O) groups is 1. The Kier molecular flexibility index (Phi) is 7.52. The average Bonchev–Trinajstić information content (AvgIpc) is 2.75. The summed E-state index contributed by atoms with van der Waals surface area (Å²) in [6.45, 7) is 2.80. The minimum absolute atomic E-state index is 0.254. The van der Waals surface area contributed by atoms with Gasteiger partial charge in [-0.2, -0.15) is 0 Å². The van der Waals surface area contributed by atoms with Crippen LogP contribution in [0.4, 0.5) is 5.69 Å². The average molecular weight is 441 g/mol. The van der Waals surface area contributed by atoms with Crippen molar-refractivity contribution in [3.63, 3.8) is 0 Å². The molecule has 6 nitrogen and oxygen atoms in total. The highest BCUT2D eigenvalue weighted by Gasteiger charge is 2.22. The largest absolute Gasteiger partial charge is 0.494 e. The lowest BCUT2D eigenvalue weighted by Gasteiger charge is -2.23. The minimum atomic E-state index is -3.63. The Morgan fingerprint density at radius 3 is 2.42 bits per heavy atom. The topological polar surface area (TPSA) is 75.7 Å². The molecule has 1 N–H and O–H groups in total. The molecule has 0 heterocycles. The second-order valence-electron chi connectivity index (χ2n) is 7.30. The number of carbonyl (C=O) groups excluding carboxylic acids is 1. The van der Waals surface area contributed by atoms with Crippen molar-refractivity contribution in [1.82, 2.24) is 5.32 Å². The summed E-state index contributed by atoms with van der Waals surface area (Å²) >= 11 is 0. The SMILES string of the molecule is CCOc1ccc(CCCNC(=O)CN(c2cccc3ccccc23)S(C)(=O)=O)cc1. The Bertz CT molecular complexity index is 1120. The number of ether oxygens (including phenoxy) is 1. The number of anilines is 1. The van der Waals surface area contributed by atoms with E-state index in [1.807, 2.05) is 61.5 Å². The summed E-state index contributed by atoms with van der Waals surface area (Å²) in [6, 6.07) is 20.9. The molecule has 0 fully saturated rings. The van der Waals surface area contributed by atoms with Crippen molar-refractivity contribution in [3.05, 3.63) is 72.3 Å². The van der Waals surface area contributed by atoms with E-state index in [1.165, 1.54) is 0 Å². The molecule has 0 aliphatic carbocycles. The van der Waals surface area contributed by atoms with Crippen molar-refractivity contribution in [2.24, 2.45) is 0 Å². The fourth-order valence-electron chi connectivity index (χ4n) is 3.43. The first kappa shape index (κ1) is 22.6. The van der Waals surface area contributed by atoms with Crippen LogP contribution >= 0.6 is 0 Å². The van der Waals surface area contributed by atoms with Crippen LogP contribution in [0.3, 0.4) is 0 Å². The number of hydrogen-bond acceptors (Lipinski definition) is 4. The standard InChI is InChI=1S/C24H28N2O4S/c1-3-30-21-15-13-19(14-16-21)8-7-17-25-24(27)18-26(31(2,28)29)23-12-6-10-20-9-4-5-11-22(20)23/h4-6,9-16H,3,7-8,17-18H2,1-2H3,(H,25,27). The number of fused-ring (bicyclic) bond motifs is 1. The van der Waals surface area contributed by atoms with Crippen LogP contribution in [0, 0.1) is 0 Å². The van der Waals surface area contributed by atoms with Gasteiger partial charge in [-0.25, -0.2) is 8.42 Å². The molecule has 0 radical (unpaired) electrons. The molecule has 0 bridgehead atoms. The minimum Gasteiger partial charge on any atom is -0.494 e. The van der Waals surface area contributed by atoms with E-state index in [0.717, 1.165) is 45.5 Å². The Labute approximate surface area is 183 Å². The van der Waals surface area contributed by atoms with Gasteiger partial charge in [0.1, 0.15) is 12.3 Å². The van der Waals surface area contributed by atoms with Crippen molar-refractivity contribution >= 4 is 32.4 Å². The van der Waals surface area contributed by atoms with Crippen LogP contribution in [0.15, 0.2) is 66.7 Å². The summed E-state index contributed by atoms with van der Waals surface area (Å²) in [7, 11) is -3.63. The number of rotatable bonds is 10. The number of sulfonamides is 1. The molecular formula is C24H28N2O4S. The maximum Gasteiger partial charge on any atom is 0.240 e. The van der Waals surface area contributed by atoms with Gasteiger partial charge in [-0.3, -0.25) is 9.10 Å².